The molecule has 0 heterocycles. The predicted octanol–water partition coefficient (Wildman–Crippen LogP) is 3.86. The Balaban J connectivity index is 2.31. The lowest BCUT2D eigenvalue weighted by atomic mass is 9.73. The van der Waals surface area contributed by atoms with Crippen molar-refractivity contribution in [3.63, 3.8) is 0 Å². The Morgan fingerprint density at radius 1 is 1.13 bits per heavy atom. The van der Waals surface area contributed by atoms with Crippen molar-refractivity contribution in [3.8, 4) is 0 Å². The van der Waals surface area contributed by atoms with Crippen molar-refractivity contribution in [2.75, 3.05) is 0 Å². The molecule has 0 aromatic rings. The Bertz CT molecular complexity index is 174. The van der Waals surface area contributed by atoms with E-state index in [0.29, 0.717) is 11.8 Å². The first-order valence-electron chi connectivity index (χ1n) is 6.68. The van der Waals surface area contributed by atoms with Crippen LogP contribution in [-0.4, -0.2) is 11.2 Å². The molecule has 0 aromatic heterocycles. The van der Waals surface area contributed by atoms with Crippen molar-refractivity contribution in [1.29, 1.82) is 0 Å². The van der Waals surface area contributed by atoms with Gasteiger partial charge in [0.2, 0.25) is 0 Å². The number of aliphatic hydroxyl groups is 1. The van der Waals surface area contributed by atoms with E-state index in [0.717, 1.165) is 18.3 Å². The molecule has 1 aliphatic rings. The van der Waals surface area contributed by atoms with Gasteiger partial charge in [0.25, 0.3) is 0 Å². The summed E-state index contributed by atoms with van der Waals surface area (Å²) in [5.41, 5.74) is 0. The fourth-order valence-corrected chi connectivity index (χ4v) is 2.86. The van der Waals surface area contributed by atoms with E-state index in [-0.39, 0.29) is 6.10 Å². The van der Waals surface area contributed by atoms with Crippen LogP contribution in [0.25, 0.3) is 0 Å². The molecule has 1 heteroatoms. The molecular weight excluding hydrogens is 184 g/mol. The Morgan fingerprint density at radius 3 is 2.27 bits per heavy atom. The molecule has 0 aromatic carbocycles. The van der Waals surface area contributed by atoms with Crippen LogP contribution in [0.5, 0.6) is 0 Å². The van der Waals surface area contributed by atoms with Gasteiger partial charge in [-0.3, -0.25) is 0 Å². The van der Waals surface area contributed by atoms with E-state index in [2.05, 4.69) is 27.7 Å². The third-order valence-electron chi connectivity index (χ3n) is 3.99. The van der Waals surface area contributed by atoms with Crippen LogP contribution >= 0.6 is 0 Å². The van der Waals surface area contributed by atoms with Crippen LogP contribution in [0.2, 0.25) is 0 Å². The second-order valence-corrected chi connectivity index (χ2v) is 6.13. The second-order valence-electron chi connectivity index (χ2n) is 6.13. The number of rotatable bonds is 4. The average Bonchev–Trinajstić information content (AvgIpc) is 2.14. The van der Waals surface area contributed by atoms with E-state index in [1.165, 1.54) is 25.7 Å². The molecule has 3 atom stereocenters. The smallest absolute Gasteiger partial charge is 0.0573 e. The summed E-state index contributed by atoms with van der Waals surface area (Å²) in [6.07, 6.45) is 6.24. The average molecular weight is 212 g/mol. The maximum atomic E-state index is 10.1. The molecule has 90 valence electrons. The van der Waals surface area contributed by atoms with Gasteiger partial charge in [0.15, 0.2) is 0 Å². The molecule has 0 aliphatic heterocycles. The molecule has 15 heavy (non-hydrogen) atoms. The van der Waals surface area contributed by atoms with Crippen molar-refractivity contribution < 1.29 is 5.11 Å². The third-order valence-corrected chi connectivity index (χ3v) is 3.99. The van der Waals surface area contributed by atoms with Gasteiger partial charge in [-0.2, -0.15) is 0 Å². The lowest BCUT2D eigenvalue weighted by Gasteiger charge is -2.35. The lowest BCUT2D eigenvalue weighted by Crippen LogP contribution is -2.32. The molecule has 1 rings (SSSR count). The van der Waals surface area contributed by atoms with Crippen LogP contribution in [0.15, 0.2) is 0 Å². The largest absolute Gasteiger partial charge is 0.393 e. The van der Waals surface area contributed by atoms with E-state index >= 15 is 0 Å². The SMILES string of the molecule is CC(C)CCC1CC[C@@H](C(C)C)C(O)C1. The summed E-state index contributed by atoms with van der Waals surface area (Å²) < 4.78 is 0. The van der Waals surface area contributed by atoms with E-state index < -0.39 is 0 Å². The first kappa shape index (κ1) is 13.0. The quantitative estimate of drug-likeness (QED) is 0.750. The Kier molecular flexibility index (Phi) is 5.11. The van der Waals surface area contributed by atoms with Gasteiger partial charge >= 0.3 is 0 Å². The zero-order valence-electron chi connectivity index (χ0n) is 10.9. The monoisotopic (exact) mass is 212 g/mol. The van der Waals surface area contributed by atoms with Gasteiger partial charge in [0, 0.05) is 0 Å². The minimum absolute atomic E-state index is 0.0316. The number of hydrogen-bond donors (Lipinski definition) is 1. The Labute approximate surface area is 95.3 Å². The molecule has 0 spiro atoms. The lowest BCUT2D eigenvalue weighted by molar-refractivity contribution is 0.0200. The van der Waals surface area contributed by atoms with Crippen molar-refractivity contribution in [2.24, 2.45) is 23.7 Å². The molecule has 1 aliphatic carbocycles. The van der Waals surface area contributed by atoms with Gasteiger partial charge in [0.1, 0.15) is 0 Å². The van der Waals surface area contributed by atoms with E-state index in [1.807, 2.05) is 0 Å². The molecule has 2 unspecified atom stereocenters. The van der Waals surface area contributed by atoms with Crippen LogP contribution in [0.1, 0.15) is 59.8 Å². The summed E-state index contributed by atoms with van der Waals surface area (Å²) in [6.45, 7) is 9.05. The van der Waals surface area contributed by atoms with Gasteiger partial charge in [-0.15, -0.1) is 0 Å². The first-order chi connectivity index (χ1) is 7.00. The maximum Gasteiger partial charge on any atom is 0.0573 e. The van der Waals surface area contributed by atoms with Gasteiger partial charge in [-0.25, -0.2) is 0 Å². The second kappa shape index (κ2) is 5.89. The van der Waals surface area contributed by atoms with Crippen LogP contribution in [0.4, 0.5) is 0 Å². The third kappa shape index (κ3) is 4.14. The predicted molar refractivity (Wildman–Crippen MR) is 65.7 cm³/mol. The van der Waals surface area contributed by atoms with E-state index in [1.54, 1.807) is 0 Å². The molecule has 1 fully saturated rings. The summed E-state index contributed by atoms with van der Waals surface area (Å²) in [5.74, 6) is 2.80. The zero-order chi connectivity index (χ0) is 11.4. The van der Waals surface area contributed by atoms with Gasteiger partial charge in [0.05, 0.1) is 6.10 Å². The normalized spacial score (nSPS) is 32.6. The van der Waals surface area contributed by atoms with Gasteiger partial charge < -0.3 is 5.11 Å². The highest BCUT2D eigenvalue weighted by molar-refractivity contribution is 4.81. The highest BCUT2D eigenvalue weighted by atomic mass is 16.3. The maximum absolute atomic E-state index is 10.1. The summed E-state index contributed by atoms with van der Waals surface area (Å²) in [7, 11) is 0. The van der Waals surface area contributed by atoms with Gasteiger partial charge in [-0.05, 0) is 42.9 Å². The summed E-state index contributed by atoms with van der Waals surface area (Å²) >= 11 is 0. The van der Waals surface area contributed by atoms with Crippen LogP contribution in [0, 0.1) is 23.7 Å². The molecule has 0 saturated heterocycles. The fourth-order valence-electron chi connectivity index (χ4n) is 2.86. The van der Waals surface area contributed by atoms with E-state index in [9.17, 15) is 5.11 Å². The topological polar surface area (TPSA) is 20.2 Å². The van der Waals surface area contributed by atoms with Crippen molar-refractivity contribution >= 4 is 0 Å². The van der Waals surface area contributed by atoms with Crippen molar-refractivity contribution in [1.82, 2.24) is 0 Å². The zero-order valence-corrected chi connectivity index (χ0v) is 10.9. The minimum atomic E-state index is -0.0316. The Hall–Kier alpha value is -0.0400. The number of hydrogen-bond acceptors (Lipinski definition) is 1. The van der Waals surface area contributed by atoms with Crippen LogP contribution < -0.4 is 0 Å². The summed E-state index contributed by atoms with van der Waals surface area (Å²) in [5, 5.41) is 10.1. The summed E-state index contributed by atoms with van der Waals surface area (Å²) in [4.78, 5) is 0. The van der Waals surface area contributed by atoms with Crippen LogP contribution in [0.3, 0.4) is 0 Å². The molecular formula is C14H28O. The molecule has 0 bridgehead atoms. The first-order valence-corrected chi connectivity index (χ1v) is 6.68. The highest BCUT2D eigenvalue weighted by Crippen LogP contribution is 2.36. The summed E-state index contributed by atoms with van der Waals surface area (Å²) in [6, 6.07) is 0. The van der Waals surface area contributed by atoms with E-state index in [4.69, 9.17) is 0 Å². The van der Waals surface area contributed by atoms with Crippen molar-refractivity contribution in [2.45, 2.75) is 65.9 Å². The molecule has 1 N–H and O–H groups in total. The molecule has 1 nitrogen and oxygen atoms in total. The fraction of sp³-hybridized carbons (Fsp3) is 1.00. The standard InChI is InChI=1S/C14H28O/c1-10(2)5-6-12-7-8-13(11(3)4)14(15)9-12/h10-15H,5-9H2,1-4H3/t12?,13-,14?/m0/s1. The molecule has 0 radical (unpaired) electrons. The molecule has 0 amide bonds. The van der Waals surface area contributed by atoms with Crippen molar-refractivity contribution in [3.05, 3.63) is 0 Å². The van der Waals surface area contributed by atoms with Crippen LogP contribution in [-0.2, 0) is 0 Å². The Morgan fingerprint density at radius 2 is 1.80 bits per heavy atom. The minimum Gasteiger partial charge on any atom is -0.393 e. The van der Waals surface area contributed by atoms with Gasteiger partial charge in [-0.1, -0.05) is 40.5 Å². The molecule has 1 saturated carbocycles. The highest BCUT2D eigenvalue weighted by Gasteiger charge is 2.30. The number of aliphatic hydroxyl groups excluding tert-OH is 1.